The minimum Gasteiger partial charge on any atom is -0.366 e. The maximum Gasteiger partial charge on any atom is 0.248 e. The summed E-state index contributed by atoms with van der Waals surface area (Å²) in [5, 5.41) is 2.74. The van der Waals surface area contributed by atoms with Crippen molar-refractivity contribution in [3.8, 4) is 0 Å². The number of hydrogen-bond acceptors (Lipinski definition) is 3. The fourth-order valence-corrected chi connectivity index (χ4v) is 3.49. The largest absolute Gasteiger partial charge is 0.366 e. The zero-order chi connectivity index (χ0) is 20.3. The lowest BCUT2D eigenvalue weighted by Crippen LogP contribution is -2.40. The van der Waals surface area contributed by atoms with Crippen LogP contribution in [0.5, 0.6) is 0 Å². The maximum absolute atomic E-state index is 14.0. The van der Waals surface area contributed by atoms with Crippen LogP contribution in [0.2, 0.25) is 0 Å². The standard InChI is InChI=1S/C21H23F2N3O2/c1-13-18(23)9-16(20(24)27)10-19(13)25-21(28)15-5-3-7-26(12-15)11-14-4-2-6-17(22)8-14/h2,4,6,8-10,15H,3,5,7,11-12H2,1H3,(H2,24,27)(H,25,28). The number of carbonyl (C=O) groups is 2. The van der Waals surface area contributed by atoms with E-state index < -0.39 is 11.7 Å². The van der Waals surface area contributed by atoms with E-state index >= 15 is 0 Å². The Hall–Kier alpha value is -2.80. The van der Waals surface area contributed by atoms with Crippen molar-refractivity contribution in [2.75, 3.05) is 18.4 Å². The fourth-order valence-electron chi connectivity index (χ4n) is 3.49. The molecule has 1 unspecified atom stereocenters. The van der Waals surface area contributed by atoms with E-state index in [-0.39, 0.29) is 34.5 Å². The topological polar surface area (TPSA) is 75.4 Å². The Balaban J connectivity index is 1.68. The van der Waals surface area contributed by atoms with Gasteiger partial charge in [0.2, 0.25) is 11.8 Å². The van der Waals surface area contributed by atoms with Crippen LogP contribution in [0.3, 0.4) is 0 Å². The smallest absolute Gasteiger partial charge is 0.248 e. The van der Waals surface area contributed by atoms with Crippen molar-refractivity contribution in [3.05, 3.63) is 64.7 Å². The number of nitrogens with one attached hydrogen (secondary N) is 1. The van der Waals surface area contributed by atoms with Crippen LogP contribution in [0.1, 0.15) is 34.3 Å². The number of rotatable bonds is 5. The summed E-state index contributed by atoms with van der Waals surface area (Å²) >= 11 is 0. The van der Waals surface area contributed by atoms with Crippen LogP contribution in [0.4, 0.5) is 14.5 Å². The number of amides is 2. The Labute approximate surface area is 162 Å². The Kier molecular flexibility index (Phi) is 6.04. The molecule has 0 spiro atoms. The van der Waals surface area contributed by atoms with Crippen LogP contribution in [-0.2, 0) is 11.3 Å². The van der Waals surface area contributed by atoms with E-state index in [0.717, 1.165) is 24.6 Å². The van der Waals surface area contributed by atoms with E-state index in [4.69, 9.17) is 5.73 Å². The molecule has 7 heteroatoms. The first-order valence-electron chi connectivity index (χ1n) is 9.21. The molecule has 148 valence electrons. The van der Waals surface area contributed by atoms with Crippen LogP contribution in [-0.4, -0.2) is 29.8 Å². The van der Waals surface area contributed by atoms with Crippen molar-refractivity contribution in [3.63, 3.8) is 0 Å². The molecular weight excluding hydrogens is 364 g/mol. The third-order valence-corrected chi connectivity index (χ3v) is 5.06. The number of hydrogen-bond donors (Lipinski definition) is 2. The number of nitrogens with two attached hydrogens (primary N) is 1. The molecule has 0 saturated carbocycles. The summed E-state index contributed by atoms with van der Waals surface area (Å²) in [4.78, 5) is 26.2. The van der Waals surface area contributed by atoms with Crippen molar-refractivity contribution in [2.45, 2.75) is 26.3 Å². The number of carbonyl (C=O) groups excluding carboxylic acids is 2. The molecule has 0 bridgehead atoms. The van der Waals surface area contributed by atoms with E-state index in [1.807, 2.05) is 6.07 Å². The number of primary amides is 1. The SMILES string of the molecule is Cc1c(F)cc(C(N)=O)cc1NC(=O)C1CCCN(Cc2cccc(F)c2)C1. The Bertz CT molecular complexity index is 901. The van der Waals surface area contributed by atoms with Gasteiger partial charge in [0.1, 0.15) is 11.6 Å². The number of likely N-dealkylation sites (tertiary alicyclic amines) is 1. The fraction of sp³-hybridized carbons (Fsp3) is 0.333. The average molecular weight is 387 g/mol. The summed E-state index contributed by atoms with van der Waals surface area (Å²) in [7, 11) is 0. The Morgan fingerprint density at radius 2 is 2.04 bits per heavy atom. The lowest BCUT2D eigenvalue weighted by atomic mass is 9.96. The van der Waals surface area contributed by atoms with E-state index in [1.54, 1.807) is 6.07 Å². The van der Waals surface area contributed by atoms with Gasteiger partial charge in [-0.05, 0) is 56.1 Å². The molecule has 28 heavy (non-hydrogen) atoms. The molecule has 2 amide bonds. The normalized spacial score (nSPS) is 17.3. The quantitative estimate of drug-likeness (QED) is 0.827. The minimum absolute atomic E-state index is 0.00905. The number of anilines is 1. The van der Waals surface area contributed by atoms with E-state index in [9.17, 15) is 18.4 Å². The summed E-state index contributed by atoms with van der Waals surface area (Å²) in [5.74, 6) is -2.14. The molecule has 5 nitrogen and oxygen atoms in total. The molecule has 0 aromatic heterocycles. The molecule has 1 aliphatic heterocycles. The summed E-state index contributed by atoms with van der Waals surface area (Å²) in [6, 6.07) is 8.87. The molecule has 1 aliphatic rings. The highest BCUT2D eigenvalue weighted by atomic mass is 19.1. The third-order valence-electron chi connectivity index (χ3n) is 5.06. The predicted octanol–water partition coefficient (Wildman–Crippen LogP) is 3.22. The first kappa shape index (κ1) is 19.9. The second-order valence-electron chi connectivity index (χ2n) is 7.19. The summed E-state index contributed by atoms with van der Waals surface area (Å²) in [6.45, 7) is 3.45. The number of benzene rings is 2. The molecule has 0 radical (unpaired) electrons. The van der Waals surface area contributed by atoms with Gasteiger partial charge in [-0.1, -0.05) is 12.1 Å². The van der Waals surface area contributed by atoms with E-state index in [2.05, 4.69) is 10.2 Å². The van der Waals surface area contributed by atoms with Crippen LogP contribution < -0.4 is 11.1 Å². The highest BCUT2D eigenvalue weighted by Gasteiger charge is 2.26. The maximum atomic E-state index is 14.0. The van der Waals surface area contributed by atoms with Gasteiger partial charge in [-0.2, -0.15) is 0 Å². The van der Waals surface area contributed by atoms with Crippen LogP contribution in [0, 0.1) is 24.5 Å². The second kappa shape index (κ2) is 8.48. The van der Waals surface area contributed by atoms with Crippen molar-refractivity contribution in [1.82, 2.24) is 4.90 Å². The monoisotopic (exact) mass is 387 g/mol. The zero-order valence-electron chi connectivity index (χ0n) is 15.7. The average Bonchev–Trinajstić information content (AvgIpc) is 2.65. The Morgan fingerprint density at radius 1 is 1.25 bits per heavy atom. The zero-order valence-corrected chi connectivity index (χ0v) is 15.7. The van der Waals surface area contributed by atoms with Crippen LogP contribution in [0.15, 0.2) is 36.4 Å². The molecule has 0 aliphatic carbocycles. The van der Waals surface area contributed by atoms with E-state index in [0.29, 0.717) is 19.5 Å². The van der Waals surface area contributed by atoms with Gasteiger partial charge in [-0.15, -0.1) is 0 Å². The van der Waals surface area contributed by atoms with Crippen molar-refractivity contribution >= 4 is 17.5 Å². The predicted molar refractivity (Wildman–Crippen MR) is 103 cm³/mol. The lowest BCUT2D eigenvalue weighted by Gasteiger charge is -2.32. The highest BCUT2D eigenvalue weighted by molar-refractivity contribution is 5.97. The first-order valence-corrected chi connectivity index (χ1v) is 9.21. The summed E-state index contributed by atoms with van der Waals surface area (Å²) in [5.41, 5.74) is 6.60. The minimum atomic E-state index is -0.756. The number of piperidine rings is 1. The van der Waals surface area contributed by atoms with Crippen molar-refractivity contribution in [1.29, 1.82) is 0 Å². The molecular formula is C21H23F2N3O2. The van der Waals surface area contributed by atoms with Gasteiger partial charge in [-0.3, -0.25) is 14.5 Å². The lowest BCUT2D eigenvalue weighted by molar-refractivity contribution is -0.121. The van der Waals surface area contributed by atoms with Crippen LogP contribution >= 0.6 is 0 Å². The summed E-state index contributed by atoms with van der Waals surface area (Å²) < 4.78 is 27.4. The van der Waals surface area contributed by atoms with Gasteiger partial charge in [0, 0.05) is 29.9 Å². The van der Waals surface area contributed by atoms with Gasteiger partial charge in [0.15, 0.2) is 0 Å². The van der Waals surface area contributed by atoms with Crippen molar-refractivity contribution in [2.24, 2.45) is 11.7 Å². The second-order valence-corrected chi connectivity index (χ2v) is 7.19. The molecule has 1 fully saturated rings. The molecule has 3 N–H and O–H groups in total. The number of nitrogens with zero attached hydrogens (tertiary/aromatic N) is 1. The van der Waals surface area contributed by atoms with Gasteiger partial charge >= 0.3 is 0 Å². The highest BCUT2D eigenvalue weighted by Crippen LogP contribution is 2.24. The van der Waals surface area contributed by atoms with Gasteiger partial charge in [0.05, 0.1) is 5.92 Å². The summed E-state index contributed by atoms with van der Waals surface area (Å²) in [6.07, 6.45) is 1.55. The van der Waals surface area contributed by atoms with Gasteiger partial charge in [-0.25, -0.2) is 8.78 Å². The van der Waals surface area contributed by atoms with Gasteiger partial charge in [0.25, 0.3) is 0 Å². The van der Waals surface area contributed by atoms with E-state index in [1.165, 1.54) is 25.1 Å². The molecule has 1 atom stereocenters. The molecule has 2 aromatic rings. The van der Waals surface area contributed by atoms with Gasteiger partial charge < -0.3 is 11.1 Å². The molecule has 2 aromatic carbocycles. The third kappa shape index (κ3) is 4.72. The molecule has 3 rings (SSSR count). The van der Waals surface area contributed by atoms with Crippen molar-refractivity contribution < 1.29 is 18.4 Å². The molecule has 1 saturated heterocycles. The molecule has 1 heterocycles. The van der Waals surface area contributed by atoms with Crippen LogP contribution in [0.25, 0.3) is 0 Å². The first-order chi connectivity index (χ1) is 13.3. The Morgan fingerprint density at radius 3 is 2.75 bits per heavy atom. The number of halogens is 2.